The van der Waals surface area contributed by atoms with Gasteiger partial charge >= 0.3 is 0 Å². The first kappa shape index (κ1) is 32.0. The maximum atomic E-state index is 13.5. The van der Waals surface area contributed by atoms with Gasteiger partial charge in [0.2, 0.25) is 23.0 Å². The van der Waals surface area contributed by atoms with E-state index in [-0.39, 0.29) is 29.5 Å². The van der Waals surface area contributed by atoms with E-state index in [1.807, 2.05) is 12.1 Å². The molecule has 0 saturated carbocycles. The average Bonchev–Trinajstić information content (AvgIpc) is 3.39. The van der Waals surface area contributed by atoms with Crippen LogP contribution in [-0.2, 0) is 27.4 Å². The molecule has 3 aromatic carbocycles. The van der Waals surface area contributed by atoms with Gasteiger partial charge in [-0.15, -0.1) is 0 Å². The summed E-state index contributed by atoms with van der Waals surface area (Å²) in [6.07, 6.45) is 1.12. The molecule has 1 aromatic heterocycles. The van der Waals surface area contributed by atoms with Gasteiger partial charge in [-0.1, -0.05) is 18.2 Å². The molecule has 1 heterocycles. The first-order valence-corrected chi connectivity index (χ1v) is 14.6. The molecule has 1 aliphatic carbocycles. The quantitative estimate of drug-likeness (QED) is 0.192. The van der Waals surface area contributed by atoms with Crippen LogP contribution in [-0.4, -0.2) is 62.0 Å². The Hall–Kier alpha value is -5.43. The maximum absolute atomic E-state index is 13.5. The number of rotatable bonds is 11. The van der Waals surface area contributed by atoms with Gasteiger partial charge in [0.05, 0.1) is 39.6 Å². The molecule has 1 atom stereocenters. The van der Waals surface area contributed by atoms with Gasteiger partial charge in [0.1, 0.15) is 6.61 Å². The monoisotopic (exact) mass is 628 g/mol. The summed E-state index contributed by atoms with van der Waals surface area (Å²) < 4.78 is 22.1. The lowest BCUT2D eigenvalue weighted by Gasteiger charge is -2.19. The molecule has 0 aliphatic heterocycles. The molecule has 0 spiro atoms. The predicted octanol–water partition coefficient (Wildman–Crippen LogP) is 3.85. The van der Waals surface area contributed by atoms with Gasteiger partial charge in [0.15, 0.2) is 23.1 Å². The first-order chi connectivity index (χ1) is 22.3. The number of carbonyl (C=O) groups excluding carboxylic acids is 2. The average molecular weight is 629 g/mol. The smallest absolute Gasteiger partial charge is 0.243 e. The van der Waals surface area contributed by atoms with E-state index in [0.717, 1.165) is 11.1 Å². The Morgan fingerprint density at radius 1 is 1.00 bits per heavy atom. The third-order valence-corrected chi connectivity index (χ3v) is 7.57. The predicted molar refractivity (Wildman–Crippen MR) is 172 cm³/mol. The van der Waals surface area contributed by atoms with E-state index in [0.29, 0.717) is 70.7 Å². The summed E-state index contributed by atoms with van der Waals surface area (Å²) in [5.41, 5.74) is 4.09. The molecule has 13 nitrogen and oxygen atoms in total. The van der Waals surface area contributed by atoms with Crippen molar-refractivity contribution < 1.29 is 28.5 Å². The van der Waals surface area contributed by atoms with E-state index in [9.17, 15) is 14.4 Å². The van der Waals surface area contributed by atoms with Crippen molar-refractivity contribution in [2.45, 2.75) is 32.4 Å². The number of benzene rings is 2. The highest BCUT2D eigenvalue weighted by Crippen LogP contribution is 2.50. The second-order valence-corrected chi connectivity index (χ2v) is 10.6. The number of aromatic amines is 1. The number of amides is 2. The molecule has 0 radical (unpaired) electrons. The molecule has 5 rings (SSSR count). The zero-order chi connectivity index (χ0) is 32.8. The Labute approximate surface area is 265 Å². The van der Waals surface area contributed by atoms with E-state index >= 15 is 0 Å². The zero-order valence-electron chi connectivity index (χ0n) is 26.3. The maximum Gasteiger partial charge on any atom is 0.243 e. The molecule has 4 aromatic rings. The van der Waals surface area contributed by atoms with Gasteiger partial charge in [-0.25, -0.2) is 4.98 Å². The van der Waals surface area contributed by atoms with Crippen molar-refractivity contribution in [1.82, 2.24) is 20.5 Å². The number of aryl methyl sites for hydroxylation is 1. The summed E-state index contributed by atoms with van der Waals surface area (Å²) in [6, 6.07) is 13.5. The number of nitrogens with one attached hydrogen (secondary N) is 4. The van der Waals surface area contributed by atoms with E-state index in [2.05, 4.69) is 31.1 Å². The number of aromatic nitrogens is 3. The molecular formula is C33H36N6O7. The molecule has 0 bridgehead atoms. The molecular weight excluding hydrogens is 592 g/mol. The van der Waals surface area contributed by atoms with Gasteiger partial charge in [-0.3, -0.25) is 19.5 Å². The Kier molecular flexibility index (Phi) is 9.82. The Morgan fingerprint density at radius 2 is 1.80 bits per heavy atom. The van der Waals surface area contributed by atoms with Gasteiger partial charge in [-0.2, -0.15) is 5.10 Å². The summed E-state index contributed by atoms with van der Waals surface area (Å²) in [7, 11) is 6.20. The topological polar surface area (TPSA) is 166 Å². The molecule has 13 heteroatoms. The van der Waals surface area contributed by atoms with Crippen LogP contribution >= 0.6 is 0 Å². The number of carbonyl (C=O) groups is 2. The molecule has 0 fully saturated rings. The summed E-state index contributed by atoms with van der Waals surface area (Å²) >= 11 is 0. The lowest BCUT2D eigenvalue weighted by molar-refractivity contribution is -0.119. The molecule has 46 heavy (non-hydrogen) atoms. The van der Waals surface area contributed by atoms with Crippen LogP contribution in [0.5, 0.6) is 17.2 Å². The summed E-state index contributed by atoms with van der Waals surface area (Å²) in [6.45, 7) is 1.57. The molecule has 0 unspecified atom stereocenters. The lowest BCUT2D eigenvalue weighted by atomic mass is 9.95. The standard InChI is InChI=1S/C33H36N6O7/c1-18(40)35-24-11-9-19-14-27(44-3)31(45-4)32(46-5)30(19)22-10-12-25(26(41)15-23(22)24)34-16-29(42)36-21-8-6-7-20(13-21)33-37-28(17-43-2)38-39-33/h6-8,10,12-15,24H,9,11,16-17H2,1-5H3,(H,34,41)(H,35,40)(H,36,42)(H,37,38,39)/t24-/m1/s1. The Balaban J connectivity index is 1.43. The minimum absolute atomic E-state index is 0.174. The lowest BCUT2D eigenvalue weighted by Crippen LogP contribution is -2.27. The SMILES string of the molecule is COCc1nc(-c2cccc(NC(=O)CNc3ccc4c(cc3=O)[C@H](NC(C)=O)CCc3cc(OC)c(OC)c(OC)c3-4)c2)n[nH]1. The van der Waals surface area contributed by atoms with Crippen molar-refractivity contribution >= 4 is 23.2 Å². The van der Waals surface area contributed by atoms with Crippen LogP contribution in [0.2, 0.25) is 0 Å². The van der Waals surface area contributed by atoms with E-state index in [4.69, 9.17) is 18.9 Å². The highest BCUT2D eigenvalue weighted by molar-refractivity contribution is 5.94. The van der Waals surface area contributed by atoms with Crippen LogP contribution in [0.4, 0.5) is 11.4 Å². The largest absolute Gasteiger partial charge is 0.493 e. The van der Waals surface area contributed by atoms with Crippen molar-refractivity contribution in [1.29, 1.82) is 0 Å². The number of H-pyrrole nitrogens is 1. The van der Waals surface area contributed by atoms with Crippen molar-refractivity contribution in [3.05, 3.63) is 75.7 Å². The molecule has 240 valence electrons. The Morgan fingerprint density at radius 3 is 2.52 bits per heavy atom. The van der Waals surface area contributed by atoms with Gasteiger partial charge < -0.3 is 34.9 Å². The number of nitrogens with zero attached hydrogens (tertiary/aromatic N) is 2. The van der Waals surface area contributed by atoms with Gasteiger partial charge in [0, 0.05) is 30.8 Å². The highest BCUT2D eigenvalue weighted by Gasteiger charge is 2.29. The van der Waals surface area contributed by atoms with Crippen molar-refractivity contribution in [3.8, 4) is 39.8 Å². The summed E-state index contributed by atoms with van der Waals surface area (Å²) in [4.78, 5) is 43.1. The second-order valence-electron chi connectivity index (χ2n) is 10.6. The van der Waals surface area contributed by atoms with Crippen LogP contribution in [0.25, 0.3) is 22.5 Å². The highest BCUT2D eigenvalue weighted by atomic mass is 16.5. The van der Waals surface area contributed by atoms with E-state index < -0.39 is 6.04 Å². The van der Waals surface area contributed by atoms with Crippen LogP contribution in [0.15, 0.2) is 53.3 Å². The van der Waals surface area contributed by atoms with Crippen LogP contribution < -0.4 is 35.6 Å². The third kappa shape index (κ3) is 6.79. The number of anilines is 2. The van der Waals surface area contributed by atoms with Crippen molar-refractivity contribution in [3.63, 3.8) is 0 Å². The van der Waals surface area contributed by atoms with Gasteiger partial charge in [0.25, 0.3) is 0 Å². The second kappa shape index (κ2) is 14.1. The van der Waals surface area contributed by atoms with E-state index in [1.54, 1.807) is 51.7 Å². The fraction of sp³-hybridized carbons (Fsp3) is 0.303. The van der Waals surface area contributed by atoms with Gasteiger partial charge in [-0.05, 0) is 59.9 Å². The van der Waals surface area contributed by atoms with Crippen LogP contribution in [0, 0.1) is 0 Å². The van der Waals surface area contributed by atoms with Crippen LogP contribution in [0.1, 0.15) is 36.3 Å². The van der Waals surface area contributed by atoms with Crippen molar-refractivity contribution in [2.75, 3.05) is 45.6 Å². The molecule has 1 aliphatic rings. The molecule has 2 amide bonds. The minimum atomic E-state index is -0.445. The van der Waals surface area contributed by atoms with Crippen molar-refractivity contribution in [2.24, 2.45) is 0 Å². The minimum Gasteiger partial charge on any atom is -0.493 e. The molecule has 0 saturated heterocycles. The normalized spacial score (nSPS) is 13.5. The Bertz CT molecular complexity index is 1820. The summed E-state index contributed by atoms with van der Waals surface area (Å²) in [5.74, 6) is 1.86. The van der Waals surface area contributed by atoms with Crippen LogP contribution in [0.3, 0.4) is 0 Å². The number of ether oxygens (including phenoxy) is 4. The number of methoxy groups -OCH3 is 4. The summed E-state index contributed by atoms with van der Waals surface area (Å²) in [5, 5.41) is 15.8. The zero-order valence-corrected chi connectivity index (χ0v) is 26.3. The molecule has 4 N–H and O–H groups in total. The third-order valence-electron chi connectivity index (χ3n) is 7.57. The fourth-order valence-corrected chi connectivity index (χ4v) is 5.60. The number of hydrogen-bond acceptors (Lipinski definition) is 10. The van der Waals surface area contributed by atoms with E-state index in [1.165, 1.54) is 20.1 Å². The number of fused-ring (bicyclic) bond motifs is 3. The number of hydrogen-bond donors (Lipinski definition) is 4. The fourth-order valence-electron chi connectivity index (χ4n) is 5.60. The first-order valence-electron chi connectivity index (χ1n) is 14.6.